The summed E-state index contributed by atoms with van der Waals surface area (Å²) < 4.78 is 35.5. The van der Waals surface area contributed by atoms with Gasteiger partial charge in [0.25, 0.3) is 5.91 Å². The number of β-amino-alcohol motifs (C(OH)–C–C–N with tert-alkyl or cyclic N) is 1. The molecule has 0 spiro atoms. The van der Waals surface area contributed by atoms with Crippen molar-refractivity contribution in [1.29, 1.82) is 0 Å². The van der Waals surface area contributed by atoms with Gasteiger partial charge in [-0.2, -0.15) is 0 Å². The number of aromatic nitrogens is 3. The van der Waals surface area contributed by atoms with Crippen molar-refractivity contribution in [3.05, 3.63) is 147 Å². The minimum atomic E-state index is -1.04. The van der Waals surface area contributed by atoms with Crippen LogP contribution in [-0.2, 0) is 32.2 Å². The molecule has 4 heterocycles. The monoisotopic (exact) mass is 989 g/mol. The molecule has 2 aromatic heterocycles. The fourth-order valence-corrected chi connectivity index (χ4v) is 9.23. The molecule has 70 heavy (non-hydrogen) atoms. The summed E-state index contributed by atoms with van der Waals surface area (Å²) in [6, 6.07) is 21.0. The zero-order valence-corrected chi connectivity index (χ0v) is 40.3. The molecule has 0 bridgehead atoms. The number of nitrogens with zero attached hydrogens (tertiary/aromatic N) is 5. The maximum atomic E-state index is 15.0. The molecular weight excluding hydrogens is 940 g/mol. The fourth-order valence-electron chi connectivity index (χ4n) is 8.24. The third-order valence-electron chi connectivity index (χ3n) is 11.8. The second-order valence-corrected chi connectivity index (χ2v) is 19.3. The first kappa shape index (κ1) is 49.4. The number of fused-ring (bicyclic) bond motifs is 3. The van der Waals surface area contributed by atoms with E-state index in [0.29, 0.717) is 38.7 Å². The van der Waals surface area contributed by atoms with E-state index in [1.54, 1.807) is 86.3 Å². The minimum Gasteiger partial charge on any atom is -0.391 e. The molecule has 0 aliphatic carbocycles. The molecule has 1 saturated heterocycles. The summed E-state index contributed by atoms with van der Waals surface area (Å²) in [7, 11) is 0. The van der Waals surface area contributed by atoms with Crippen LogP contribution in [0.5, 0.6) is 0 Å². The van der Waals surface area contributed by atoms with E-state index in [4.69, 9.17) is 21.3 Å². The number of anilines is 2. The molecule has 2 aliphatic heterocycles. The van der Waals surface area contributed by atoms with E-state index in [1.807, 2.05) is 31.2 Å². The van der Waals surface area contributed by atoms with Gasteiger partial charge in [0.2, 0.25) is 23.7 Å². The topological polar surface area (TPSA) is 200 Å². The van der Waals surface area contributed by atoms with E-state index < -0.39 is 59.6 Å². The lowest BCUT2D eigenvalue weighted by Crippen LogP contribution is -2.58. The van der Waals surface area contributed by atoms with Crippen LogP contribution in [0.25, 0.3) is 21.7 Å². The summed E-state index contributed by atoms with van der Waals surface area (Å²) in [6.45, 7) is 7.23. The van der Waals surface area contributed by atoms with Crippen LogP contribution < -0.4 is 21.3 Å². The van der Waals surface area contributed by atoms with Crippen molar-refractivity contribution in [3.8, 4) is 21.7 Å². The average Bonchev–Trinajstić information content (AvgIpc) is 3.91. The van der Waals surface area contributed by atoms with Crippen LogP contribution in [0.2, 0.25) is 5.02 Å². The molecule has 6 aromatic rings. The Hall–Kier alpha value is -6.99. The number of halogens is 3. The van der Waals surface area contributed by atoms with Crippen LogP contribution in [0.1, 0.15) is 65.5 Å². The van der Waals surface area contributed by atoms with Crippen molar-refractivity contribution in [2.75, 3.05) is 31.6 Å². The van der Waals surface area contributed by atoms with Crippen LogP contribution in [0.3, 0.4) is 0 Å². The quantitative estimate of drug-likeness (QED) is 0.0658. The Morgan fingerprint density at radius 1 is 0.957 bits per heavy atom. The van der Waals surface area contributed by atoms with Gasteiger partial charge in [-0.05, 0) is 72.0 Å². The van der Waals surface area contributed by atoms with E-state index in [-0.39, 0.29) is 62.3 Å². The maximum absolute atomic E-state index is 15.0. The third kappa shape index (κ3) is 11.4. The van der Waals surface area contributed by atoms with Gasteiger partial charge in [0, 0.05) is 65.2 Å². The first-order chi connectivity index (χ1) is 33.5. The van der Waals surface area contributed by atoms with E-state index in [1.165, 1.54) is 23.1 Å². The molecule has 1 fully saturated rings. The Balaban J connectivity index is 0.804. The number of likely N-dealkylation sites (tertiary alicyclic amines) is 1. The van der Waals surface area contributed by atoms with Gasteiger partial charge in [0.15, 0.2) is 0 Å². The molecule has 2 aliphatic rings. The van der Waals surface area contributed by atoms with Gasteiger partial charge in [-0.3, -0.25) is 24.2 Å². The lowest BCUT2D eigenvalue weighted by Gasteiger charge is -2.35. The number of aliphatic hydroxyl groups excluding tert-OH is 1. The molecule has 4 amide bonds. The van der Waals surface area contributed by atoms with Crippen molar-refractivity contribution in [3.63, 3.8) is 0 Å². The SMILES string of the molecule is Cc1ncsc1-c1ccc(CNC(=O)[C@@H]2C[C@@H](O)CN2C(=O)[C@@H](NC(=O)COCCNC(=O)c2ccc(Nc3ncc4c(n3)-c3ccc(Cl)cc3C(c3c(F)cccc3F)=NC4)cc2)C(C)(C)C)cc1. The van der Waals surface area contributed by atoms with Gasteiger partial charge >= 0.3 is 0 Å². The lowest BCUT2D eigenvalue weighted by atomic mass is 9.85. The lowest BCUT2D eigenvalue weighted by molar-refractivity contribution is -0.144. The van der Waals surface area contributed by atoms with Gasteiger partial charge in [0.05, 0.1) is 52.3 Å². The van der Waals surface area contributed by atoms with Crippen LogP contribution in [0.4, 0.5) is 20.4 Å². The fraction of sp³-hybridized carbons (Fsp3) is 0.294. The number of aryl methyl sites for hydroxylation is 1. The Bertz CT molecular complexity index is 2940. The zero-order valence-electron chi connectivity index (χ0n) is 38.7. The van der Waals surface area contributed by atoms with E-state index in [2.05, 4.69) is 36.2 Å². The predicted octanol–water partition coefficient (Wildman–Crippen LogP) is 7.16. The number of carbonyl (C=O) groups is 4. The number of amides is 4. The summed E-state index contributed by atoms with van der Waals surface area (Å²) >= 11 is 7.91. The number of hydrogen-bond donors (Lipinski definition) is 5. The van der Waals surface area contributed by atoms with E-state index in [0.717, 1.165) is 21.7 Å². The highest BCUT2D eigenvalue weighted by molar-refractivity contribution is 7.13. The standard InChI is InChI=1S/C51H50ClF2N9O6S/c1-28-45(70-27-59-28)30-10-8-29(9-11-30)22-57-48(67)40-21-35(64)25-63(40)49(68)46(51(2,3)4)61-41(65)26-69-19-18-55-47(66)31-12-15-34(16-13-31)60-50-58-24-32-23-56-44(42-38(53)6-5-7-39(42)54)37-20-33(52)14-17-36(37)43(32)62-50/h5-17,20,24,27,35,40,46,64H,18-19,21-23,25-26H2,1-4H3,(H,55,66)(H,57,67)(H,61,65)(H,58,60,62)/t35-,40+,46-/m1/s1. The number of thiazole rings is 1. The predicted molar refractivity (Wildman–Crippen MR) is 263 cm³/mol. The first-order valence-corrected chi connectivity index (χ1v) is 23.7. The number of aliphatic hydroxyl groups is 1. The second-order valence-electron chi connectivity index (χ2n) is 18.0. The number of rotatable bonds is 15. The number of benzene rings is 4. The third-order valence-corrected chi connectivity index (χ3v) is 13.1. The maximum Gasteiger partial charge on any atom is 0.251 e. The summed E-state index contributed by atoms with van der Waals surface area (Å²) in [5.41, 5.74) is 6.78. The van der Waals surface area contributed by atoms with Crippen molar-refractivity contribution < 1.29 is 37.8 Å². The zero-order chi connectivity index (χ0) is 49.7. The summed E-state index contributed by atoms with van der Waals surface area (Å²) in [6.07, 6.45) is 0.737. The highest BCUT2D eigenvalue weighted by Gasteiger charge is 2.44. The highest BCUT2D eigenvalue weighted by Crippen LogP contribution is 2.35. The number of ether oxygens (including phenoxy) is 1. The minimum absolute atomic E-state index is 0.00609. The summed E-state index contributed by atoms with van der Waals surface area (Å²) in [5, 5.41) is 22.5. The van der Waals surface area contributed by atoms with Crippen molar-refractivity contribution in [2.24, 2.45) is 10.4 Å². The molecule has 0 saturated carbocycles. The van der Waals surface area contributed by atoms with Crippen molar-refractivity contribution in [1.82, 2.24) is 35.8 Å². The summed E-state index contributed by atoms with van der Waals surface area (Å²) in [4.78, 5) is 74.0. The van der Waals surface area contributed by atoms with Gasteiger partial charge in [-0.15, -0.1) is 11.3 Å². The molecule has 0 unspecified atom stereocenters. The Kier molecular flexibility index (Phi) is 15.1. The van der Waals surface area contributed by atoms with Crippen LogP contribution >= 0.6 is 22.9 Å². The van der Waals surface area contributed by atoms with Crippen LogP contribution in [0, 0.1) is 24.0 Å². The average molecular weight is 991 g/mol. The van der Waals surface area contributed by atoms with Crippen molar-refractivity contribution in [2.45, 2.75) is 65.4 Å². The van der Waals surface area contributed by atoms with Crippen LogP contribution in [-0.4, -0.2) is 98.8 Å². The Labute approximate surface area is 411 Å². The molecule has 3 atom stereocenters. The molecule has 0 radical (unpaired) electrons. The van der Waals surface area contributed by atoms with Gasteiger partial charge in [-0.25, -0.2) is 23.7 Å². The molecule has 4 aromatic carbocycles. The van der Waals surface area contributed by atoms with E-state index in [9.17, 15) is 33.1 Å². The molecule has 5 N–H and O–H groups in total. The normalized spacial score (nSPS) is 15.8. The molecule has 8 rings (SSSR count). The van der Waals surface area contributed by atoms with Crippen LogP contribution in [0.15, 0.2) is 102 Å². The van der Waals surface area contributed by atoms with E-state index >= 15 is 0 Å². The Morgan fingerprint density at radius 2 is 1.70 bits per heavy atom. The molecule has 362 valence electrons. The largest absolute Gasteiger partial charge is 0.391 e. The molecule has 15 nitrogen and oxygen atoms in total. The van der Waals surface area contributed by atoms with Gasteiger partial charge in [-0.1, -0.05) is 68.8 Å². The first-order valence-electron chi connectivity index (χ1n) is 22.5. The molecule has 19 heteroatoms. The van der Waals surface area contributed by atoms with Gasteiger partial charge in [0.1, 0.15) is 30.3 Å². The Morgan fingerprint density at radius 3 is 2.40 bits per heavy atom. The highest BCUT2D eigenvalue weighted by atomic mass is 35.5. The number of hydrogen-bond acceptors (Lipinski definition) is 12. The molecular formula is C51H50ClF2N9O6S. The number of carbonyl (C=O) groups excluding carboxylic acids is 4. The summed E-state index contributed by atoms with van der Waals surface area (Å²) in [5.74, 6) is -3.14. The number of aliphatic imine (C=N–C) groups is 1. The number of nitrogens with one attached hydrogen (secondary N) is 4. The second kappa shape index (κ2) is 21.3. The van der Waals surface area contributed by atoms with Gasteiger partial charge < -0.3 is 36.0 Å². The van der Waals surface area contributed by atoms with Crippen molar-refractivity contribution >= 4 is 63.9 Å². The smallest absolute Gasteiger partial charge is 0.251 e.